The molecule has 0 saturated carbocycles. The van der Waals surface area contributed by atoms with Crippen LogP contribution in [0.1, 0.15) is 10.6 Å². The lowest BCUT2D eigenvalue weighted by molar-refractivity contribution is -0.115. The van der Waals surface area contributed by atoms with Crippen LogP contribution in [0, 0.1) is 6.92 Å². The van der Waals surface area contributed by atoms with E-state index in [1.807, 2.05) is 36.6 Å². The summed E-state index contributed by atoms with van der Waals surface area (Å²) >= 11 is 1.63. The molecule has 21 heavy (non-hydrogen) atoms. The van der Waals surface area contributed by atoms with Crippen LogP contribution in [-0.4, -0.2) is 26.3 Å². The normalized spacial score (nSPS) is 10.5. The molecule has 7 heteroatoms. The second-order valence-electron chi connectivity index (χ2n) is 4.53. The number of anilines is 1. The Bertz CT molecular complexity index is 733. The first-order valence-corrected chi connectivity index (χ1v) is 7.26. The van der Waals surface area contributed by atoms with Crippen molar-refractivity contribution >= 4 is 23.1 Å². The van der Waals surface area contributed by atoms with E-state index in [2.05, 4.69) is 25.7 Å². The van der Waals surface area contributed by atoms with Crippen molar-refractivity contribution in [3.63, 3.8) is 0 Å². The number of hydrogen-bond donors (Lipinski definition) is 2. The maximum Gasteiger partial charge on any atom is 0.230 e. The predicted molar refractivity (Wildman–Crippen MR) is 81.0 cm³/mol. The third-order valence-corrected chi connectivity index (χ3v) is 3.69. The van der Waals surface area contributed by atoms with Gasteiger partial charge in [-0.25, -0.2) is 4.98 Å². The van der Waals surface area contributed by atoms with Gasteiger partial charge in [0.25, 0.3) is 0 Å². The van der Waals surface area contributed by atoms with Crippen LogP contribution >= 0.6 is 11.3 Å². The van der Waals surface area contributed by atoms with E-state index in [0.29, 0.717) is 12.2 Å². The number of aromatic amines is 1. The van der Waals surface area contributed by atoms with Gasteiger partial charge in [0.15, 0.2) is 5.82 Å². The van der Waals surface area contributed by atoms with Crippen LogP contribution in [0.2, 0.25) is 0 Å². The monoisotopic (exact) mass is 299 g/mol. The zero-order valence-electron chi connectivity index (χ0n) is 11.3. The van der Waals surface area contributed by atoms with E-state index >= 15 is 0 Å². The first-order valence-electron chi connectivity index (χ1n) is 6.38. The molecule has 3 aromatic rings. The number of benzene rings is 1. The van der Waals surface area contributed by atoms with Crippen LogP contribution in [0.15, 0.2) is 35.8 Å². The third-order valence-electron chi connectivity index (χ3n) is 2.92. The highest BCUT2D eigenvalue weighted by molar-refractivity contribution is 7.09. The summed E-state index contributed by atoms with van der Waals surface area (Å²) in [5, 5.41) is 15.6. The quantitative estimate of drug-likeness (QED) is 0.775. The number of hydrogen-bond acceptors (Lipinski definition) is 5. The van der Waals surface area contributed by atoms with E-state index < -0.39 is 0 Å². The Morgan fingerprint density at radius 3 is 2.76 bits per heavy atom. The number of nitrogens with one attached hydrogen (secondary N) is 2. The van der Waals surface area contributed by atoms with Gasteiger partial charge in [0.05, 0.1) is 23.3 Å². The average molecular weight is 299 g/mol. The maximum absolute atomic E-state index is 11.8. The molecule has 2 heterocycles. The van der Waals surface area contributed by atoms with Crippen LogP contribution in [0.25, 0.3) is 11.3 Å². The largest absolute Gasteiger partial charge is 0.308 e. The molecule has 1 amide bonds. The zero-order chi connectivity index (χ0) is 14.7. The van der Waals surface area contributed by atoms with Crippen LogP contribution in [0.5, 0.6) is 0 Å². The van der Waals surface area contributed by atoms with Crippen molar-refractivity contribution in [2.75, 3.05) is 5.32 Å². The summed E-state index contributed by atoms with van der Waals surface area (Å²) in [6.45, 7) is 1.98. The van der Waals surface area contributed by atoms with Crippen molar-refractivity contribution in [1.82, 2.24) is 20.4 Å². The Balaban J connectivity index is 1.65. The van der Waals surface area contributed by atoms with Crippen molar-refractivity contribution in [3.8, 4) is 11.3 Å². The van der Waals surface area contributed by atoms with Gasteiger partial charge in [-0.05, 0) is 12.5 Å². The molecule has 6 nitrogen and oxygen atoms in total. The highest BCUT2D eigenvalue weighted by Gasteiger charge is 2.07. The molecule has 0 spiro atoms. The minimum Gasteiger partial charge on any atom is -0.308 e. The number of thiazole rings is 1. The van der Waals surface area contributed by atoms with Gasteiger partial charge in [-0.3, -0.25) is 4.79 Å². The van der Waals surface area contributed by atoms with Crippen molar-refractivity contribution < 1.29 is 4.79 Å². The van der Waals surface area contributed by atoms with E-state index in [1.54, 1.807) is 11.3 Å². The number of nitrogens with zero attached hydrogens (tertiary/aromatic N) is 3. The molecule has 0 bridgehead atoms. The Hall–Kier alpha value is -2.54. The smallest absolute Gasteiger partial charge is 0.230 e. The molecule has 0 saturated heterocycles. The van der Waals surface area contributed by atoms with Gasteiger partial charge < -0.3 is 5.32 Å². The fraction of sp³-hybridized carbons (Fsp3) is 0.143. The summed E-state index contributed by atoms with van der Waals surface area (Å²) in [6, 6.07) is 7.83. The summed E-state index contributed by atoms with van der Waals surface area (Å²) in [7, 11) is 0. The molecular formula is C14H13N5OS. The summed E-state index contributed by atoms with van der Waals surface area (Å²) in [6.07, 6.45) is 1.76. The highest BCUT2D eigenvalue weighted by Crippen LogP contribution is 2.21. The molecule has 0 aliphatic carbocycles. The number of rotatable bonds is 4. The summed E-state index contributed by atoms with van der Waals surface area (Å²) in [4.78, 5) is 16.3. The molecule has 3 rings (SSSR count). The number of H-pyrrole nitrogens is 1. The van der Waals surface area contributed by atoms with Gasteiger partial charge >= 0.3 is 0 Å². The number of amides is 1. The molecule has 0 aliphatic heterocycles. The molecule has 2 N–H and O–H groups in total. The fourth-order valence-corrected chi connectivity index (χ4v) is 2.55. The lowest BCUT2D eigenvalue weighted by Gasteiger charge is -2.03. The van der Waals surface area contributed by atoms with E-state index in [0.717, 1.165) is 21.8 Å². The molecule has 1 aromatic carbocycles. The van der Waals surface area contributed by atoms with Crippen LogP contribution in [-0.2, 0) is 11.2 Å². The van der Waals surface area contributed by atoms with Crippen molar-refractivity contribution in [1.29, 1.82) is 0 Å². The number of carbonyl (C=O) groups is 1. The molecule has 0 radical (unpaired) electrons. The van der Waals surface area contributed by atoms with Crippen molar-refractivity contribution in [2.24, 2.45) is 0 Å². The molecule has 0 fully saturated rings. The Kier molecular flexibility index (Phi) is 3.74. The predicted octanol–water partition coefficient (Wildman–Crippen LogP) is 2.42. The van der Waals surface area contributed by atoms with Gasteiger partial charge in [-0.2, -0.15) is 10.3 Å². The van der Waals surface area contributed by atoms with Crippen LogP contribution in [0.4, 0.5) is 5.82 Å². The molecule has 106 valence electrons. The van der Waals surface area contributed by atoms with Crippen molar-refractivity contribution in [2.45, 2.75) is 13.3 Å². The molecule has 0 unspecified atom stereocenters. The van der Waals surface area contributed by atoms with Crippen LogP contribution < -0.4 is 5.32 Å². The standard InChI is InChI=1S/C14H13N5OS/c1-9-16-12(8-21-9)11-4-2-10(3-5-11)6-14(20)17-13-7-15-19-18-13/h2-5,7-8H,6H2,1H3,(H2,15,17,18,19,20). The zero-order valence-corrected chi connectivity index (χ0v) is 12.1. The SMILES string of the molecule is Cc1nc(-c2ccc(CC(=O)Nc3cn[nH]n3)cc2)cs1. The van der Waals surface area contributed by atoms with E-state index in [4.69, 9.17) is 0 Å². The van der Waals surface area contributed by atoms with Crippen molar-refractivity contribution in [3.05, 3.63) is 46.4 Å². The summed E-state index contributed by atoms with van der Waals surface area (Å²) in [5.74, 6) is 0.302. The number of aromatic nitrogens is 4. The average Bonchev–Trinajstić information content (AvgIpc) is 3.11. The minimum absolute atomic E-state index is 0.124. The van der Waals surface area contributed by atoms with Gasteiger partial charge in [0.2, 0.25) is 5.91 Å². The highest BCUT2D eigenvalue weighted by atomic mass is 32.1. The molecule has 0 atom stereocenters. The second-order valence-corrected chi connectivity index (χ2v) is 5.59. The fourth-order valence-electron chi connectivity index (χ4n) is 1.92. The lowest BCUT2D eigenvalue weighted by atomic mass is 10.1. The van der Waals surface area contributed by atoms with E-state index in [-0.39, 0.29) is 5.91 Å². The third kappa shape index (κ3) is 3.32. The van der Waals surface area contributed by atoms with E-state index in [9.17, 15) is 4.79 Å². The molecular weight excluding hydrogens is 286 g/mol. The maximum atomic E-state index is 11.8. The minimum atomic E-state index is -0.124. The Labute approximate surface area is 125 Å². The summed E-state index contributed by atoms with van der Waals surface area (Å²) in [5.41, 5.74) is 2.96. The topological polar surface area (TPSA) is 83.6 Å². The van der Waals surface area contributed by atoms with Gasteiger partial charge in [0.1, 0.15) is 0 Å². The van der Waals surface area contributed by atoms with Gasteiger partial charge in [-0.15, -0.1) is 16.4 Å². The lowest BCUT2D eigenvalue weighted by Crippen LogP contribution is -2.14. The second kappa shape index (κ2) is 5.84. The van der Waals surface area contributed by atoms with Gasteiger partial charge in [-0.1, -0.05) is 24.3 Å². The van der Waals surface area contributed by atoms with E-state index in [1.165, 1.54) is 6.20 Å². The first-order chi connectivity index (χ1) is 10.2. The number of aryl methyl sites for hydroxylation is 1. The van der Waals surface area contributed by atoms with Crippen LogP contribution in [0.3, 0.4) is 0 Å². The molecule has 2 aromatic heterocycles. The number of carbonyl (C=O) groups excluding carboxylic acids is 1. The molecule has 0 aliphatic rings. The summed E-state index contributed by atoms with van der Waals surface area (Å²) < 4.78 is 0. The first kappa shape index (κ1) is 13.4. The Morgan fingerprint density at radius 2 is 2.14 bits per heavy atom. The van der Waals surface area contributed by atoms with Gasteiger partial charge in [0, 0.05) is 10.9 Å². The Morgan fingerprint density at radius 1 is 1.33 bits per heavy atom.